The third kappa shape index (κ3) is 4.48. The molecule has 2 aromatic carbocycles. The molecule has 1 atom stereocenters. The van der Waals surface area contributed by atoms with Crippen molar-refractivity contribution in [2.45, 2.75) is 12.6 Å². The zero-order valence-corrected chi connectivity index (χ0v) is 17.3. The third-order valence-electron chi connectivity index (χ3n) is 4.66. The Hall–Kier alpha value is -2.51. The van der Waals surface area contributed by atoms with Crippen molar-refractivity contribution in [3.8, 4) is 17.2 Å². The molecule has 2 aromatic rings. The van der Waals surface area contributed by atoms with E-state index in [9.17, 15) is 0 Å². The van der Waals surface area contributed by atoms with Gasteiger partial charge >= 0.3 is 0 Å². The maximum atomic E-state index is 5.96. The largest absolute Gasteiger partial charge is 0.493 e. The van der Waals surface area contributed by atoms with E-state index in [1.165, 1.54) is 5.56 Å². The van der Waals surface area contributed by atoms with E-state index in [0.29, 0.717) is 29.0 Å². The van der Waals surface area contributed by atoms with Gasteiger partial charge in [0, 0.05) is 18.7 Å². The van der Waals surface area contributed by atoms with E-state index in [-0.39, 0.29) is 6.23 Å². The fourth-order valence-electron chi connectivity index (χ4n) is 3.26. The van der Waals surface area contributed by atoms with Gasteiger partial charge in [-0.1, -0.05) is 30.3 Å². The molecule has 150 valence electrons. The number of ether oxygens (including phenoxy) is 4. The molecule has 1 saturated heterocycles. The zero-order chi connectivity index (χ0) is 19.9. The number of hydrogen-bond acceptors (Lipinski definition) is 5. The molecule has 1 N–H and O–H groups in total. The van der Waals surface area contributed by atoms with Crippen molar-refractivity contribution in [3.05, 3.63) is 53.6 Å². The van der Waals surface area contributed by atoms with Gasteiger partial charge in [0.1, 0.15) is 0 Å². The first-order valence-electron chi connectivity index (χ1n) is 9.17. The molecule has 0 aliphatic carbocycles. The topological polar surface area (TPSA) is 52.2 Å². The molecular weight excluding hydrogens is 376 g/mol. The van der Waals surface area contributed by atoms with Crippen molar-refractivity contribution in [2.75, 3.05) is 41.0 Å². The molecule has 7 heteroatoms. The Bertz CT molecular complexity index is 775. The summed E-state index contributed by atoms with van der Waals surface area (Å²) in [5.74, 6) is 1.74. The normalized spacial score (nSPS) is 16.0. The Balaban J connectivity index is 1.70. The first kappa shape index (κ1) is 20.2. The van der Waals surface area contributed by atoms with E-state index in [4.69, 9.17) is 31.2 Å². The summed E-state index contributed by atoms with van der Waals surface area (Å²) in [7, 11) is 4.79. The maximum absolute atomic E-state index is 5.96. The van der Waals surface area contributed by atoms with Gasteiger partial charge in [0.25, 0.3) is 0 Å². The van der Waals surface area contributed by atoms with E-state index < -0.39 is 0 Å². The number of nitrogens with one attached hydrogen (secondary N) is 1. The van der Waals surface area contributed by atoms with Crippen LogP contribution < -0.4 is 19.5 Å². The van der Waals surface area contributed by atoms with Crippen LogP contribution in [0, 0.1) is 0 Å². The number of hydrogen-bond donors (Lipinski definition) is 1. The Morgan fingerprint density at radius 1 is 1.11 bits per heavy atom. The lowest BCUT2D eigenvalue weighted by Crippen LogP contribution is -2.40. The van der Waals surface area contributed by atoms with Gasteiger partial charge in [0.15, 0.2) is 22.8 Å². The van der Waals surface area contributed by atoms with Gasteiger partial charge in [0.2, 0.25) is 5.75 Å². The number of methoxy groups -OCH3 is 3. The van der Waals surface area contributed by atoms with Gasteiger partial charge < -0.3 is 29.2 Å². The second kappa shape index (κ2) is 9.61. The molecule has 28 heavy (non-hydrogen) atoms. The number of rotatable bonds is 7. The lowest BCUT2D eigenvalue weighted by molar-refractivity contribution is 0.0625. The molecule has 1 heterocycles. The van der Waals surface area contributed by atoms with Gasteiger partial charge in [-0.25, -0.2) is 0 Å². The summed E-state index contributed by atoms with van der Waals surface area (Å²) in [6.45, 7) is 2.08. The van der Waals surface area contributed by atoms with Crippen LogP contribution in [0.4, 0.5) is 0 Å². The van der Waals surface area contributed by atoms with E-state index >= 15 is 0 Å². The van der Waals surface area contributed by atoms with Crippen LogP contribution in [-0.4, -0.2) is 51.0 Å². The average molecular weight is 403 g/mol. The van der Waals surface area contributed by atoms with Crippen LogP contribution in [0.2, 0.25) is 0 Å². The Labute approximate surface area is 171 Å². The standard InChI is InChI=1S/C21H26N2O4S/c1-24-17-13-16(14-18(25-2)19(17)26-3)20-23(11-12-27-20)21(28)22-10-9-15-7-5-4-6-8-15/h4-8,13-14,20H,9-12H2,1-3H3,(H,22,28). The van der Waals surface area contributed by atoms with Crippen LogP contribution in [0.5, 0.6) is 17.2 Å². The smallest absolute Gasteiger partial charge is 0.203 e. The van der Waals surface area contributed by atoms with Gasteiger partial charge in [-0.3, -0.25) is 0 Å². The minimum atomic E-state index is -0.301. The predicted molar refractivity (Wildman–Crippen MR) is 112 cm³/mol. The van der Waals surface area contributed by atoms with E-state index in [2.05, 4.69) is 17.4 Å². The molecule has 3 rings (SSSR count). The van der Waals surface area contributed by atoms with Crippen LogP contribution in [-0.2, 0) is 11.2 Å². The lowest BCUT2D eigenvalue weighted by atomic mass is 10.1. The summed E-state index contributed by atoms with van der Waals surface area (Å²) in [5.41, 5.74) is 2.18. The van der Waals surface area contributed by atoms with E-state index in [1.54, 1.807) is 21.3 Å². The van der Waals surface area contributed by atoms with Gasteiger partial charge in [0.05, 0.1) is 27.9 Å². The summed E-state index contributed by atoms with van der Waals surface area (Å²) < 4.78 is 22.3. The van der Waals surface area contributed by atoms with Crippen LogP contribution >= 0.6 is 12.2 Å². The quantitative estimate of drug-likeness (QED) is 0.714. The molecule has 1 unspecified atom stereocenters. The van der Waals surface area contributed by atoms with Gasteiger partial charge in [-0.05, 0) is 36.3 Å². The molecule has 0 aromatic heterocycles. The molecule has 0 radical (unpaired) electrons. The highest BCUT2D eigenvalue weighted by atomic mass is 32.1. The fourth-order valence-corrected chi connectivity index (χ4v) is 3.55. The predicted octanol–water partition coefficient (Wildman–Crippen LogP) is 3.16. The maximum Gasteiger partial charge on any atom is 0.203 e. The Morgan fingerprint density at radius 3 is 2.39 bits per heavy atom. The fraction of sp³-hybridized carbons (Fsp3) is 0.381. The van der Waals surface area contributed by atoms with Crippen LogP contribution in [0.1, 0.15) is 17.4 Å². The van der Waals surface area contributed by atoms with Crippen molar-refractivity contribution in [1.29, 1.82) is 0 Å². The number of benzene rings is 2. The average Bonchev–Trinajstić information content (AvgIpc) is 3.23. The van der Waals surface area contributed by atoms with Gasteiger partial charge in [-0.2, -0.15) is 0 Å². The number of nitrogens with zero attached hydrogens (tertiary/aromatic N) is 1. The van der Waals surface area contributed by atoms with Crippen molar-refractivity contribution < 1.29 is 18.9 Å². The SMILES string of the molecule is COc1cc(C2OCCN2C(=S)NCCc2ccccc2)cc(OC)c1OC. The molecule has 0 bridgehead atoms. The van der Waals surface area contributed by atoms with Crippen molar-refractivity contribution in [1.82, 2.24) is 10.2 Å². The second-order valence-electron chi connectivity index (χ2n) is 6.34. The summed E-state index contributed by atoms with van der Waals surface area (Å²) >= 11 is 5.62. The van der Waals surface area contributed by atoms with Crippen LogP contribution in [0.15, 0.2) is 42.5 Å². The molecular formula is C21H26N2O4S. The molecule has 6 nitrogen and oxygen atoms in total. The van der Waals surface area contributed by atoms with E-state index in [0.717, 1.165) is 25.1 Å². The summed E-state index contributed by atoms with van der Waals surface area (Å²) in [6, 6.07) is 14.1. The highest BCUT2D eigenvalue weighted by molar-refractivity contribution is 7.80. The second-order valence-corrected chi connectivity index (χ2v) is 6.73. The summed E-state index contributed by atoms with van der Waals surface area (Å²) in [4.78, 5) is 2.04. The van der Waals surface area contributed by atoms with Crippen LogP contribution in [0.25, 0.3) is 0 Å². The minimum absolute atomic E-state index is 0.301. The van der Waals surface area contributed by atoms with Crippen molar-refractivity contribution in [2.24, 2.45) is 0 Å². The molecule has 1 fully saturated rings. The summed E-state index contributed by atoms with van der Waals surface area (Å²) in [6.07, 6.45) is 0.607. The van der Waals surface area contributed by atoms with Crippen molar-refractivity contribution >= 4 is 17.3 Å². The van der Waals surface area contributed by atoms with Crippen molar-refractivity contribution in [3.63, 3.8) is 0 Å². The molecule has 1 aliphatic rings. The van der Waals surface area contributed by atoms with Gasteiger partial charge in [-0.15, -0.1) is 0 Å². The van der Waals surface area contributed by atoms with Crippen LogP contribution in [0.3, 0.4) is 0 Å². The first-order chi connectivity index (χ1) is 13.7. The minimum Gasteiger partial charge on any atom is -0.493 e. The lowest BCUT2D eigenvalue weighted by Gasteiger charge is -2.27. The Kier molecular flexibility index (Phi) is 6.95. The highest BCUT2D eigenvalue weighted by Crippen LogP contribution is 2.41. The monoisotopic (exact) mass is 402 g/mol. The highest BCUT2D eigenvalue weighted by Gasteiger charge is 2.30. The zero-order valence-electron chi connectivity index (χ0n) is 16.4. The Morgan fingerprint density at radius 2 is 1.79 bits per heavy atom. The number of thiocarbonyl (C=S) groups is 1. The molecule has 0 amide bonds. The summed E-state index contributed by atoms with van der Waals surface area (Å²) in [5, 5.41) is 4.02. The third-order valence-corrected chi connectivity index (χ3v) is 5.04. The molecule has 0 saturated carbocycles. The molecule has 0 spiro atoms. The first-order valence-corrected chi connectivity index (χ1v) is 9.58. The molecule has 1 aliphatic heterocycles. The van der Waals surface area contributed by atoms with E-state index in [1.807, 2.05) is 35.2 Å².